The first-order valence-electron chi connectivity index (χ1n) is 6.13. The maximum atomic E-state index is 12.0. The van der Waals surface area contributed by atoms with Gasteiger partial charge in [-0.05, 0) is 12.8 Å². The number of nitrogens with zero attached hydrogens (tertiary/aromatic N) is 1. The van der Waals surface area contributed by atoms with Crippen LogP contribution in [0.15, 0.2) is 5.38 Å². The van der Waals surface area contributed by atoms with Gasteiger partial charge in [0.1, 0.15) is 11.2 Å². The minimum absolute atomic E-state index is 0.0891. The average Bonchev–Trinajstić information content (AvgIpc) is 2.83. The fourth-order valence-corrected chi connectivity index (χ4v) is 2.39. The number of rotatable bonds is 6. The lowest BCUT2D eigenvalue weighted by Crippen LogP contribution is -2.53. The monoisotopic (exact) mass is 299 g/mol. The lowest BCUT2D eigenvalue weighted by molar-refractivity contribution is -0.144. The van der Waals surface area contributed by atoms with Gasteiger partial charge in [-0.1, -0.05) is 13.8 Å². The molecular weight excluding hydrogens is 282 g/mol. The molecular formula is C12H17N3O4S. The predicted octanol–water partition coefficient (Wildman–Crippen LogP) is 1.47. The Morgan fingerprint density at radius 3 is 2.40 bits per heavy atom. The molecule has 0 aliphatic rings. The second-order valence-electron chi connectivity index (χ2n) is 4.27. The predicted molar refractivity (Wildman–Crippen MR) is 74.8 cm³/mol. The quantitative estimate of drug-likeness (QED) is 0.737. The molecule has 0 aromatic carbocycles. The molecule has 0 aliphatic heterocycles. The standard InChI is InChI=1S/C12H17N3O4S/c1-4-12(5-2,10(18)19)15-9(17)8-6-20-11(14-8)13-7(3)16/h6H,4-5H2,1-3H3,(H,15,17)(H,18,19)(H,13,14,16). The summed E-state index contributed by atoms with van der Waals surface area (Å²) in [6.07, 6.45) is 0.542. The molecule has 7 nitrogen and oxygen atoms in total. The molecule has 0 atom stereocenters. The van der Waals surface area contributed by atoms with Crippen molar-refractivity contribution in [2.75, 3.05) is 5.32 Å². The highest BCUT2D eigenvalue weighted by molar-refractivity contribution is 7.14. The van der Waals surface area contributed by atoms with Gasteiger partial charge in [0, 0.05) is 12.3 Å². The molecule has 1 aromatic rings. The SMILES string of the molecule is CCC(CC)(NC(=O)c1csc(NC(C)=O)n1)C(=O)O. The van der Waals surface area contributed by atoms with Gasteiger partial charge in [-0.15, -0.1) is 11.3 Å². The van der Waals surface area contributed by atoms with E-state index < -0.39 is 17.4 Å². The van der Waals surface area contributed by atoms with E-state index in [1.807, 2.05) is 0 Å². The molecule has 1 aromatic heterocycles. The Hall–Kier alpha value is -1.96. The van der Waals surface area contributed by atoms with Crippen LogP contribution in [-0.4, -0.2) is 33.4 Å². The molecule has 110 valence electrons. The molecule has 0 saturated heterocycles. The van der Waals surface area contributed by atoms with E-state index >= 15 is 0 Å². The largest absolute Gasteiger partial charge is 0.480 e. The maximum absolute atomic E-state index is 12.0. The summed E-state index contributed by atoms with van der Waals surface area (Å²) in [6.45, 7) is 4.73. The summed E-state index contributed by atoms with van der Waals surface area (Å²) in [6, 6.07) is 0. The fraction of sp³-hybridized carbons (Fsp3) is 0.500. The molecule has 1 heterocycles. The highest BCUT2D eigenvalue weighted by Crippen LogP contribution is 2.19. The zero-order valence-electron chi connectivity index (χ0n) is 11.5. The van der Waals surface area contributed by atoms with Gasteiger partial charge in [0.2, 0.25) is 5.91 Å². The molecule has 0 fully saturated rings. The number of aliphatic carboxylic acids is 1. The smallest absolute Gasteiger partial charge is 0.329 e. The number of carbonyl (C=O) groups excluding carboxylic acids is 2. The Morgan fingerprint density at radius 2 is 1.95 bits per heavy atom. The molecule has 2 amide bonds. The first-order valence-corrected chi connectivity index (χ1v) is 7.01. The van der Waals surface area contributed by atoms with Crippen LogP contribution in [0.5, 0.6) is 0 Å². The summed E-state index contributed by atoms with van der Waals surface area (Å²) in [4.78, 5) is 38.2. The molecule has 0 spiro atoms. The zero-order chi connectivity index (χ0) is 15.3. The number of nitrogens with one attached hydrogen (secondary N) is 2. The second kappa shape index (κ2) is 6.47. The number of carboxylic acids is 1. The molecule has 20 heavy (non-hydrogen) atoms. The van der Waals surface area contributed by atoms with Crippen LogP contribution >= 0.6 is 11.3 Å². The van der Waals surface area contributed by atoms with Crippen LogP contribution in [0.25, 0.3) is 0 Å². The van der Waals surface area contributed by atoms with Crippen LogP contribution in [0.1, 0.15) is 44.1 Å². The number of anilines is 1. The highest BCUT2D eigenvalue weighted by Gasteiger charge is 2.37. The zero-order valence-corrected chi connectivity index (χ0v) is 12.3. The number of carbonyl (C=O) groups is 3. The molecule has 0 bridgehead atoms. The van der Waals surface area contributed by atoms with Crippen LogP contribution < -0.4 is 10.6 Å². The van der Waals surface area contributed by atoms with E-state index in [0.29, 0.717) is 5.13 Å². The summed E-state index contributed by atoms with van der Waals surface area (Å²) >= 11 is 1.10. The third-order valence-electron chi connectivity index (χ3n) is 2.99. The molecule has 0 unspecified atom stereocenters. The average molecular weight is 299 g/mol. The van der Waals surface area contributed by atoms with Gasteiger partial charge < -0.3 is 15.7 Å². The van der Waals surface area contributed by atoms with E-state index in [9.17, 15) is 19.5 Å². The Labute approximate surface area is 120 Å². The Morgan fingerprint density at radius 1 is 1.35 bits per heavy atom. The third-order valence-corrected chi connectivity index (χ3v) is 3.75. The normalized spacial score (nSPS) is 10.9. The summed E-state index contributed by atoms with van der Waals surface area (Å²) < 4.78 is 0. The highest BCUT2D eigenvalue weighted by atomic mass is 32.1. The van der Waals surface area contributed by atoms with Crippen LogP contribution in [0, 0.1) is 0 Å². The van der Waals surface area contributed by atoms with Crippen molar-refractivity contribution in [3.8, 4) is 0 Å². The molecule has 3 N–H and O–H groups in total. The van der Waals surface area contributed by atoms with Crippen LogP contribution in [0.3, 0.4) is 0 Å². The topological polar surface area (TPSA) is 108 Å². The first kappa shape index (κ1) is 16.1. The minimum Gasteiger partial charge on any atom is -0.480 e. The van der Waals surface area contributed by atoms with Gasteiger partial charge in [-0.2, -0.15) is 0 Å². The van der Waals surface area contributed by atoms with Crippen LogP contribution in [-0.2, 0) is 9.59 Å². The van der Waals surface area contributed by atoms with E-state index in [0.717, 1.165) is 11.3 Å². The fourth-order valence-electron chi connectivity index (χ4n) is 1.65. The van der Waals surface area contributed by atoms with Gasteiger partial charge in [0.15, 0.2) is 5.13 Å². The van der Waals surface area contributed by atoms with Crippen LogP contribution in [0.4, 0.5) is 5.13 Å². The van der Waals surface area contributed by atoms with Crippen molar-refractivity contribution in [2.24, 2.45) is 0 Å². The lowest BCUT2D eigenvalue weighted by Gasteiger charge is -2.27. The van der Waals surface area contributed by atoms with Crippen molar-refractivity contribution < 1.29 is 19.5 Å². The minimum atomic E-state index is -1.30. The lowest BCUT2D eigenvalue weighted by atomic mass is 9.93. The maximum Gasteiger partial charge on any atom is 0.329 e. The molecule has 1 rings (SSSR count). The van der Waals surface area contributed by atoms with Crippen LogP contribution in [0.2, 0.25) is 0 Å². The van der Waals surface area contributed by atoms with E-state index in [4.69, 9.17) is 0 Å². The van der Waals surface area contributed by atoms with E-state index in [1.54, 1.807) is 13.8 Å². The van der Waals surface area contributed by atoms with Gasteiger partial charge in [0.05, 0.1) is 0 Å². The molecule has 0 radical (unpaired) electrons. The summed E-state index contributed by atoms with van der Waals surface area (Å²) in [5, 5.41) is 16.0. The van der Waals surface area contributed by atoms with Gasteiger partial charge in [-0.3, -0.25) is 9.59 Å². The molecule has 8 heteroatoms. The van der Waals surface area contributed by atoms with Crippen molar-refractivity contribution in [2.45, 2.75) is 39.2 Å². The van der Waals surface area contributed by atoms with Gasteiger partial charge >= 0.3 is 5.97 Å². The number of hydrogen-bond donors (Lipinski definition) is 3. The second-order valence-corrected chi connectivity index (χ2v) is 5.13. The molecule has 0 aliphatic carbocycles. The number of aromatic nitrogens is 1. The van der Waals surface area contributed by atoms with Crippen molar-refractivity contribution in [3.05, 3.63) is 11.1 Å². The number of thiazole rings is 1. The third kappa shape index (κ3) is 3.53. The van der Waals surface area contributed by atoms with E-state index in [-0.39, 0.29) is 24.4 Å². The van der Waals surface area contributed by atoms with Crippen molar-refractivity contribution in [3.63, 3.8) is 0 Å². The van der Waals surface area contributed by atoms with Crippen molar-refractivity contribution in [1.29, 1.82) is 0 Å². The Kier molecular flexibility index (Phi) is 5.20. The summed E-state index contributed by atoms with van der Waals surface area (Å²) in [5.74, 6) is -1.93. The Bertz CT molecular complexity index is 523. The van der Waals surface area contributed by atoms with Crippen molar-refractivity contribution in [1.82, 2.24) is 10.3 Å². The van der Waals surface area contributed by atoms with Gasteiger partial charge in [0.25, 0.3) is 5.91 Å². The first-order chi connectivity index (χ1) is 9.34. The number of carboxylic acid groups (broad SMARTS) is 1. The number of amides is 2. The van der Waals surface area contributed by atoms with E-state index in [1.165, 1.54) is 12.3 Å². The van der Waals surface area contributed by atoms with Crippen molar-refractivity contribution >= 4 is 34.3 Å². The van der Waals surface area contributed by atoms with Gasteiger partial charge in [-0.25, -0.2) is 9.78 Å². The molecule has 0 saturated carbocycles. The summed E-state index contributed by atoms with van der Waals surface area (Å²) in [7, 11) is 0. The Balaban J connectivity index is 2.87. The summed E-state index contributed by atoms with van der Waals surface area (Å²) in [5.41, 5.74) is -1.21. The van der Waals surface area contributed by atoms with E-state index in [2.05, 4.69) is 15.6 Å². The number of hydrogen-bond acceptors (Lipinski definition) is 5.